The first-order valence-electron chi connectivity index (χ1n) is 7.23. The predicted octanol–water partition coefficient (Wildman–Crippen LogP) is 2.91. The fourth-order valence-electron chi connectivity index (χ4n) is 2.82. The van der Waals surface area contributed by atoms with Gasteiger partial charge in [-0.3, -0.25) is 4.79 Å². The van der Waals surface area contributed by atoms with Gasteiger partial charge in [0.15, 0.2) is 0 Å². The van der Waals surface area contributed by atoms with Gasteiger partial charge in [-0.15, -0.1) is 0 Å². The highest BCUT2D eigenvalue weighted by Crippen LogP contribution is 2.27. The van der Waals surface area contributed by atoms with Crippen molar-refractivity contribution in [3.63, 3.8) is 0 Å². The third-order valence-corrected chi connectivity index (χ3v) is 3.88. The third kappa shape index (κ3) is 2.68. The third-order valence-electron chi connectivity index (χ3n) is 3.88. The van der Waals surface area contributed by atoms with E-state index in [1.807, 2.05) is 15.7 Å². The number of hydrogen-bond donors (Lipinski definition) is 0. The van der Waals surface area contributed by atoms with Crippen LogP contribution in [0.2, 0.25) is 0 Å². The molecule has 5 heteroatoms. The Morgan fingerprint density at radius 2 is 2.10 bits per heavy atom. The summed E-state index contributed by atoms with van der Waals surface area (Å²) in [5.74, 6) is -0.141. The van der Waals surface area contributed by atoms with Crippen LogP contribution in [0.1, 0.15) is 37.1 Å². The second-order valence-corrected chi connectivity index (χ2v) is 5.42. The molecule has 0 saturated heterocycles. The first kappa shape index (κ1) is 13.8. The number of aromatic nitrogens is 2. The monoisotopic (exact) mass is 287 g/mol. The molecule has 1 unspecified atom stereocenters. The molecule has 110 valence electrons. The number of nitrogens with zero attached hydrogens (tertiary/aromatic N) is 3. The number of carbonyl (C=O) groups excluding carboxylic acids is 1. The van der Waals surface area contributed by atoms with E-state index in [0.717, 1.165) is 24.1 Å². The summed E-state index contributed by atoms with van der Waals surface area (Å²) in [6, 6.07) is 6.14. The largest absolute Gasteiger partial charge is 0.331 e. The van der Waals surface area contributed by atoms with Crippen molar-refractivity contribution in [2.24, 2.45) is 0 Å². The summed E-state index contributed by atoms with van der Waals surface area (Å²) in [4.78, 5) is 18.6. The van der Waals surface area contributed by atoms with Gasteiger partial charge < -0.3 is 9.47 Å². The van der Waals surface area contributed by atoms with Gasteiger partial charge in [0.05, 0.1) is 18.6 Å². The molecule has 2 aromatic rings. The van der Waals surface area contributed by atoms with Crippen LogP contribution in [0.5, 0.6) is 0 Å². The topological polar surface area (TPSA) is 38.1 Å². The normalized spacial score (nSPS) is 17.9. The van der Waals surface area contributed by atoms with Crippen LogP contribution in [0.3, 0.4) is 0 Å². The molecule has 0 saturated carbocycles. The first-order chi connectivity index (χ1) is 10.2. The minimum absolute atomic E-state index is 0.117. The molecule has 1 aromatic carbocycles. The highest BCUT2D eigenvalue weighted by molar-refractivity contribution is 5.81. The predicted molar refractivity (Wildman–Crippen MR) is 76.8 cm³/mol. The fourth-order valence-corrected chi connectivity index (χ4v) is 2.82. The Hall–Kier alpha value is -2.17. The molecule has 2 heterocycles. The Morgan fingerprint density at radius 1 is 1.33 bits per heavy atom. The lowest BCUT2D eigenvalue weighted by Gasteiger charge is -2.34. The minimum atomic E-state index is -0.259. The van der Waals surface area contributed by atoms with Crippen molar-refractivity contribution in [2.45, 2.75) is 38.9 Å². The summed E-state index contributed by atoms with van der Waals surface area (Å²) in [6.45, 7) is 3.13. The molecule has 3 rings (SSSR count). The Bertz CT molecular complexity index is 635. The highest BCUT2D eigenvalue weighted by atomic mass is 19.1. The Labute approximate surface area is 123 Å². The molecule has 1 aliphatic heterocycles. The maximum atomic E-state index is 13.0. The lowest BCUT2D eigenvalue weighted by atomic mass is 10.1. The molecule has 1 aliphatic rings. The standard InChI is InChI=1S/C16H18FN3O/c1-2-3-15-16(21)19(10-14-8-18-11-20(14)15)9-12-4-6-13(17)7-5-12/h4-8,11,15H,2-3,9-10H2,1H3. The van der Waals surface area contributed by atoms with E-state index in [-0.39, 0.29) is 17.8 Å². The molecular formula is C16H18FN3O. The lowest BCUT2D eigenvalue weighted by Crippen LogP contribution is -2.41. The summed E-state index contributed by atoms with van der Waals surface area (Å²) in [6.07, 6.45) is 5.30. The number of halogens is 1. The van der Waals surface area contributed by atoms with E-state index >= 15 is 0 Å². The van der Waals surface area contributed by atoms with Gasteiger partial charge in [-0.1, -0.05) is 25.5 Å². The molecule has 0 aliphatic carbocycles. The molecular weight excluding hydrogens is 269 g/mol. The number of hydrogen-bond acceptors (Lipinski definition) is 2. The second-order valence-electron chi connectivity index (χ2n) is 5.42. The molecule has 1 aromatic heterocycles. The van der Waals surface area contributed by atoms with Crippen LogP contribution in [-0.2, 0) is 17.9 Å². The molecule has 0 bridgehead atoms. The Balaban J connectivity index is 1.83. The molecule has 0 N–H and O–H groups in total. The van der Waals surface area contributed by atoms with Crippen LogP contribution < -0.4 is 0 Å². The van der Waals surface area contributed by atoms with Gasteiger partial charge in [-0.05, 0) is 24.1 Å². The number of benzene rings is 1. The van der Waals surface area contributed by atoms with E-state index in [0.29, 0.717) is 13.1 Å². The SMILES string of the molecule is CCCC1C(=O)N(Cc2ccc(F)cc2)Cc2cncn21. The van der Waals surface area contributed by atoms with Crippen molar-refractivity contribution in [3.8, 4) is 0 Å². The quantitative estimate of drug-likeness (QED) is 0.867. The average Bonchev–Trinajstić information content (AvgIpc) is 2.94. The lowest BCUT2D eigenvalue weighted by molar-refractivity contribution is -0.138. The summed E-state index contributed by atoms with van der Waals surface area (Å²) >= 11 is 0. The number of imidazole rings is 1. The Morgan fingerprint density at radius 3 is 2.81 bits per heavy atom. The van der Waals surface area contributed by atoms with E-state index in [4.69, 9.17) is 0 Å². The number of amides is 1. The van der Waals surface area contributed by atoms with Crippen molar-refractivity contribution in [1.29, 1.82) is 0 Å². The maximum Gasteiger partial charge on any atom is 0.246 e. The van der Waals surface area contributed by atoms with Crippen LogP contribution in [0.15, 0.2) is 36.8 Å². The summed E-state index contributed by atoms with van der Waals surface area (Å²) < 4.78 is 14.9. The van der Waals surface area contributed by atoms with Crippen molar-refractivity contribution in [1.82, 2.24) is 14.5 Å². The van der Waals surface area contributed by atoms with E-state index in [9.17, 15) is 9.18 Å². The van der Waals surface area contributed by atoms with E-state index < -0.39 is 0 Å². The van der Waals surface area contributed by atoms with Gasteiger partial charge in [0.2, 0.25) is 5.91 Å². The van der Waals surface area contributed by atoms with Gasteiger partial charge in [-0.2, -0.15) is 0 Å². The van der Waals surface area contributed by atoms with Crippen molar-refractivity contribution in [3.05, 3.63) is 53.9 Å². The van der Waals surface area contributed by atoms with Crippen LogP contribution in [0.25, 0.3) is 0 Å². The molecule has 1 atom stereocenters. The van der Waals surface area contributed by atoms with Crippen LogP contribution in [-0.4, -0.2) is 20.4 Å². The summed E-state index contributed by atoms with van der Waals surface area (Å²) in [5, 5.41) is 0. The zero-order valence-corrected chi connectivity index (χ0v) is 12.0. The zero-order chi connectivity index (χ0) is 14.8. The Kier molecular flexibility index (Phi) is 3.73. The number of rotatable bonds is 4. The van der Waals surface area contributed by atoms with Crippen molar-refractivity contribution < 1.29 is 9.18 Å². The average molecular weight is 287 g/mol. The van der Waals surface area contributed by atoms with Crippen LogP contribution in [0, 0.1) is 5.82 Å². The van der Waals surface area contributed by atoms with Gasteiger partial charge in [0.1, 0.15) is 11.9 Å². The van der Waals surface area contributed by atoms with E-state index in [1.165, 1.54) is 12.1 Å². The molecule has 0 fully saturated rings. The van der Waals surface area contributed by atoms with Gasteiger partial charge in [0, 0.05) is 12.7 Å². The van der Waals surface area contributed by atoms with Crippen LogP contribution in [0.4, 0.5) is 4.39 Å². The smallest absolute Gasteiger partial charge is 0.246 e. The zero-order valence-electron chi connectivity index (χ0n) is 12.0. The molecule has 0 radical (unpaired) electrons. The summed E-state index contributed by atoms with van der Waals surface area (Å²) in [5.41, 5.74) is 1.99. The van der Waals surface area contributed by atoms with Gasteiger partial charge in [0.25, 0.3) is 0 Å². The first-order valence-corrected chi connectivity index (χ1v) is 7.23. The minimum Gasteiger partial charge on any atom is -0.331 e. The maximum absolute atomic E-state index is 13.0. The number of carbonyl (C=O) groups is 1. The molecule has 21 heavy (non-hydrogen) atoms. The fraction of sp³-hybridized carbons (Fsp3) is 0.375. The summed E-state index contributed by atoms with van der Waals surface area (Å²) in [7, 11) is 0. The van der Waals surface area contributed by atoms with Gasteiger partial charge in [-0.25, -0.2) is 9.37 Å². The van der Waals surface area contributed by atoms with Crippen LogP contribution >= 0.6 is 0 Å². The van der Waals surface area contributed by atoms with E-state index in [1.54, 1.807) is 18.5 Å². The second kappa shape index (κ2) is 5.68. The molecule has 1 amide bonds. The number of fused-ring (bicyclic) bond motifs is 1. The van der Waals surface area contributed by atoms with E-state index in [2.05, 4.69) is 11.9 Å². The van der Waals surface area contributed by atoms with Crippen molar-refractivity contribution >= 4 is 5.91 Å². The molecule has 4 nitrogen and oxygen atoms in total. The molecule has 0 spiro atoms. The van der Waals surface area contributed by atoms with Gasteiger partial charge >= 0.3 is 0 Å². The van der Waals surface area contributed by atoms with Crippen molar-refractivity contribution in [2.75, 3.05) is 0 Å². The highest BCUT2D eigenvalue weighted by Gasteiger charge is 2.31.